The standard InChI is InChI=1S/C15H20N2O3/c1-15(2,3)17-11-7-5-4-6-10(11)8-9-12(13(17)18)20-14(16)19/h4-7,12H,8-9H2,1-3H3,(H2,16,19). The lowest BCUT2D eigenvalue weighted by Gasteiger charge is -2.37. The summed E-state index contributed by atoms with van der Waals surface area (Å²) in [7, 11) is 0. The summed E-state index contributed by atoms with van der Waals surface area (Å²) in [6.45, 7) is 5.86. The van der Waals surface area contributed by atoms with Gasteiger partial charge in [0.05, 0.1) is 0 Å². The maximum Gasteiger partial charge on any atom is 0.405 e. The lowest BCUT2D eigenvalue weighted by atomic mass is 10.0. The number of benzene rings is 1. The average Bonchev–Trinajstić information content (AvgIpc) is 2.46. The van der Waals surface area contributed by atoms with Crippen LogP contribution in [-0.2, 0) is 16.0 Å². The Morgan fingerprint density at radius 2 is 2.00 bits per heavy atom. The number of carbonyl (C=O) groups excluding carboxylic acids is 2. The number of aryl methyl sites for hydroxylation is 1. The zero-order valence-corrected chi connectivity index (χ0v) is 12.1. The fraction of sp³-hybridized carbons (Fsp3) is 0.467. The largest absolute Gasteiger partial charge is 0.436 e. The van der Waals surface area contributed by atoms with Crippen molar-refractivity contribution in [1.29, 1.82) is 0 Å². The van der Waals surface area contributed by atoms with Crippen LogP contribution in [0.25, 0.3) is 0 Å². The van der Waals surface area contributed by atoms with E-state index in [0.29, 0.717) is 12.8 Å². The summed E-state index contributed by atoms with van der Waals surface area (Å²) in [6.07, 6.45) is -0.611. The predicted molar refractivity (Wildman–Crippen MR) is 76.5 cm³/mol. The summed E-state index contributed by atoms with van der Waals surface area (Å²) in [5, 5.41) is 0. The minimum absolute atomic E-state index is 0.221. The monoisotopic (exact) mass is 276 g/mol. The third kappa shape index (κ3) is 2.76. The van der Waals surface area contributed by atoms with E-state index in [0.717, 1.165) is 11.3 Å². The van der Waals surface area contributed by atoms with Gasteiger partial charge in [0.2, 0.25) is 0 Å². The van der Waals surface area contributed by atoms with Crippen molar-refractivity contribution < 1.29 is 14.3 Å². The molecule has 2 amide bonds. The molecule has 1 unspecified atom stereocenters. The third-order valence-corrected chi connectivity index (χ3v) is 3.33. The molecule has 1 aliphatic heterocycles. The van der Waals surface area contributed by atoms with Gasteiger partial charge >= 0.3 is 6.09 Å². The van der Waals surface area contributed by atoms with Gasteiger partial charge in [-0.1, -0.05) is 18.2 Å². The van der Waals surface area contributed by atoms with Crippen LogP contribution in [0, 0.1) is 0 Å². The molecular weight excluding hydrogens is 256 g/mol. The molecule has 1 aliphatic rings. The number of nitrogens with zero attached hydrogens (tertiary/aromatic N) is 1. The van der Waals surface area contributed by atoms with E-state index >= 15 is 0 Å². The van der Waals surface area contributed by atoms with E-state index in [1.54, 1.807) is 4.90 Å². The van der Waals surface area contributed by atoms with Gasteiger partial charge in [0, 0.05) is 11.2 Å². The maximum atomic E-state index is 12.7. The fourth-order valence-corrected chi connectivity index (χ4v) is 2.55. The lowest BCUT2D eigenvalue weighted by molar-refractivity contribution is -0.127. The van der Waals surface area contributed by atoms with Gasteiger partial charge in [-0.15, -0.1) is 0 Å². The first-order valence-corrected chi connectivity index (χ1v) is 6.69. The second-order valence-corrected chi connectivity index (χ2v) is 5.94. The van der Waals surface area contributed by atoms with Crippen molar-refractivity contribution in [3.63, 3.8) is 0 Å². The van der Waals surface area contributed by atoms with Crippen molar-refractivity contribution in [2.45, 2.75) is 45.3 Å². The second-order valence-electron chi connectivity index (χ2n) is 5.94. The Hall–Kier alpha value is -2.04. The molecule has 2 N–H and O–H groups in total. The van der Waals surface area contributed by atoms with Crippen LogP contribution in [0.4, 0.5) is 10.5 Å². The molecule has 2 rings (SSSR count). The normalized spacial score (nSPS) is 19.2. The molecule has 0 fully saturated rings. The second kappa shape index (κ2) is 5.15. The van der Waals surface area contributed by atoms with Crippen LogP contribution in [0.3, 0.4) is 0 Å². The molecule has 0 aliphatic carbocycles. The lowest BCUT2D eigenvalue weighted by Crippen LogP contribution is -2.51. The number of rotatable bonds is 1. The number of nitrogens with two attached hydrogens (primary N) is 1. The summed E-state index contributed by atoms with van der Waals surface area (Å²) < 4.78 is 4.99. The topological polar surface area (TPSA) is 72.6 Å². The first-order chi connectivity index (χ1) is 9.30. The summed E-state index contributed by atoms with van der Waals surface area (Å²) in [4.78, 5) is 25.4. The van der Waals surface area contributed by atoms with E-state index in [4.69, 9.17) is 10.5 Å². The fourth-order valence-electron chi connectivity index (χ4n) is 2.55. The van der Waals surface area contributed by atoms with E-state index in [9.17, 15) is 9.59 Å². The number of primary amides is 1. The molecule has 5 nitrogen and oxygen atoms in total. The van der Waals surface area contributed by atoms with Crippen LogP contribution >= 0.6 is 0 Å². The summed E-state index contributed by atoms with van der Waals surface area (Å²) in [5.41, 5.74) is 6.61. The SMILES string of the molecule is CC(C)(C)N1C(=O)C(OC(N)=O)CCc2ccccc21. The number of anilines is 1. The van der Waals surface area contributed by atoms with E-state index in [1.807, 2.05) is 45.0 Å². The molecule has 108 valence electrons. The molecule has 1 aromatic carbocycles. The molecule has 1 aromatic rings. The molecule has 0 saturated heterocycles. The van der Waals surface area contributed by atoms with Gasteiger partial charge in [-0.25, -0.2) is 4.79 Å². The van der Waals surface area contributed by atoms with E-state index in [-0.39, 0.29) is 5.91 Å². The van der Waals surface area contributed by atoms with Gasteiger partial charge in [-0.3, -0.25) is 4.79 Å². The van der Waals surface area contributed by atoms with Crippen molar-refractivity contribution in [2.24, 2.45) is 5.73 Å². The van der Waals surface area contributed by atoms with E-state index < -0.39 is 17.7 Å². The summed E-state index contributed by atoms with van der Waals surface area (Å²) in [5.74, 6) is -0.221. The quantitative estimate of drug-likeness (QED) is 0.854. The molecule has 5 heteroatoms. The highest BCUT2D eigenvalue weighted by atomic mass is 16.6. The van der Waals surface area contributed by atoms with Crippen LogP contribution < -0.4 is 10.6 Å². The number of para-hydroxylation sites is 1. The molecular formula is C15H20N2O3. The van der Waals surface area contributed by atoms with E-state index in [1.165, 1.54) is 0 Å². The molecule has 20 heavy (non-hydrogen) atoms. The molecule has 0 bridgehead atoms. The van der Waals surface area contributed by atoms with Crippen molar-refractivity contribution in [3.8, 4) is 0 Å². The number of ether oxygens (including phenoxy) is 1. The number of hydrogen-bond acceptors (Lipinski definition) is 3. The van der Waals surface area contributed by atoms with Crippen LogP contribution in [0.15, 0.2) is 24.3 Å². The molecule has 0 spiro atoms. The molecule has 1 atom stereocenters. The van der Waals surface area contributed by atoms with Gasteiger partial charge < -0.3 is 15.4 Å². The molecule has 0 saturated carbocycles. The van der Waals surface area contributed by atoms with E-state index in [2.05, 4.69) is 0 Å². The molecule has 0 aromatic heterocycles. The van der Waals surface area contributed by atoms with Crippen LogP contribution in [0.2, 0.25) is 0 Å². The van der Waals surface area contributed by atoms with Crippen molar-refractivity contribution in [2.75, 3.05) is 4.90 Å². The van der Waals surface area contributed by atoms with Gasteiger partial charge in [-0.2, -0.15) is 0 Å². The Bertz CT molecular complexity index is 534. The highest BCUT2D eigenvalue weighted by Gasteiger charge is 2.38. The molecule has 0 radical (unpaired) electrons. The Morgan fingerprint density at radius 1 is 1.35 bits per heavy atom. The minimum atomic E-state index is -0.914. The van der Waals surface area contributed by atoms with Crippen molar-refractivity contribution in [1.82, 2.24) is 0 Å². The first-order valence-electron chi connectivity index (χ1n) is 6.69. The maximum absolute atomic E-state index is 12.7. The smallest absolute Gasteiger partial charge is 0.405 e. The van der Waals surface area contributed by atoms with Crippen LogP contribution in [0.1, 0.15) is 32.8 Å². The Labute approximate surface area is 118 Å². The minimum Gasteiger partial charge on any atom is -0.436 e. The first kappa shape index (κ1) is 14.4. The van der Waals surface area contributed by atoms with Crippen molar-refractivity contribution in [3.05, 3.63) is 29.8 Å². The van der Waals surface area contributed by atoms with Gasteiger partial charge in [-0.05, 0) is 45.2 Å². The highest BCUT2D eigenvalue weighted by Crippen LogP contribution is 2.33. The van der Waals surface area contributed by atoms with Gasteiger partial charge in [0.25, 0.3) is 5.91 Å². The van der Waals surface area contributed by atoms with Gasteiger partial charge in [0.1, 0.15) is 0 Å². The average molecular weight is 276 g/mol. The number of fused-ring (bicyclic) bond motifs is 1. The summed E-state index contributed by atoms with van der Waals surface area (Å²) in [6, 6.07) is 7.76. The third-order valence-electron chi connectivity index (χ3n) is 3.33. The van der Waals surface area contributed by atoms with Crippen LogP contribution in [-0.4, -0.2) is 23.6 Å². The predicted octanol–water partition coefficient (Wildman–Crippen LogP) is 2.23. The van der Waals surface area contributed by atoms with Gasteiger partial charge in [0.15, 0.2) is 6.10 Å². The summed E-state index contributed by atoms with van der Waals surface area (Å²) >= 11 is 0. The Kier molecular flexibility index (Phi) is 3.70. The number of hydrogen-bond donors (Lipinski definition) is 1. The Balaban J connectivity index is 2.46. The highest BCUT2D eigenvalue weighted by molar-refractivity contribution is 6.00. The molecule has 1 heterocycles. The van der Waals surface area contributed by atoms with Crippen molar-refractivity contribution >= 4 is 17.7 Å². The van der Waals surface area contributed by atoms with Crippen LogP contribution in [0.5, 0.6) is 0 Å². The zero-order chi connectivity index (χ0) is 14.9. The Morgan fingerprint density at radius 3 is 2.60 bits per heavy atom. The zero-order valence-electron chi connectivity index (χ0n) is 12.1. The number of carbonyl (C=O) groups is 2. The number of amides is 2.